The number of nitrogens with two attached hydrogens (primary N) is 1. The fourth-order valence-electron chi connectivity index (χ4n) is 1.40. The van der Waals surface area contributed by atoms with Gasteiger partial charge < -0.3 is 11.1 Å². The third kappa shape index (κ3) is 3.75. The number of primary amides is 1. The van der Waals surface area contributed by atoms with E-state index in [1.165, 1.54) is 16.6 Å². The number of nitrogens with one attached hydrogen (secondary N) is 1. The van der Waals surface area contributed by atoms with Crippen LogP contribution < -0.4 is 11.1 Å². The van der Waals surface area contributed by atoms with Gasteiger partial charge in [0, 0.05) is 21.7 Å². The van der Waals surface area contributed by atoms with Crippen LogP contribution in [-0.2, 0) is 11.3 Å². The minimum atomic E-state index is -0.308. The maximum Gasteiger partial charge on any atom is 0.227 e. The summed E-state index contributed by atoms with van der Waals surface area (Å²) in [6.45, 7) is 0.735. The van der Waals surface area contributed by atoms with Gasteiger partial charge in [0.2, 0.25) is 5.91 Å². The van der Waals surface area contributed by atoms with E-state index < -0.39 is 0 Å². The minimum Gasteiger partial charge on any atom is -0.379 e. The van der Waals surface area contributed by atoms with Gasteiger partial charge in [0.1, 0.15) is 0 Å². The smallest absolute Gasteiger partial charge is 0.227 e. The molecular formula is C12H13N3OS2. The maximum absolute atomic E-state index is 10.8. The van der Waals surface area contributed by atoms with E-state index in [9.17, 15) is 4.79 Å². The van der Waals surface area contributed by atoms with Crippen LogP contribution in [0.25, 0.3) is 0 Å². The summed E-state index contributed by atoms with van der Waals surface area (Å²) in [5.74, 6) is -0.0172. The Morgan fingerprint density at radius 2 is 2.28 bits per heavy atom. The van der Waals surface area contributed by atoms with Crippen LogP contribution in [0.4, 0.5) is 5.69 Å². The van der Waals surface area contributed by atoms with E-state index in [4.69, 9.17) is 5.73 Å². The number of aromatic nitrogens is 1. The Labute approximate surface area is 114 Å². The van der Waals surface area contributed by atoms with Crippen molar-refractivity contribution in [2.75, 3.05) is 11.1 Å². The highest BCUT2D eigenvalue weighted by atomic mass is 32.2. The Morgan fingerprint density at radius 1 is 1.44 bits per heavy atom. The molecule has 6 heteroatoms. The monoisotopic (exact) mass is 279 g/mol. The second kappa shape index (κ2) is 6.42. The molecule has 3 N–H and O–H groups in total. The van der Waals surface area contributed by atoms with Crippen LogP contribution in [0.2, 0.25) is 0 Å². The number of thiazole rings is 1. The quantitative estimate of drug-likeness (QED) is 0.796. The van der Waals surface area contributed by atoms with Gasteiger partial charge in [0.05, 0.1) is 17.8 Å². The van der Waals surface area contributed by atoms with E-state index in [0.29, 0.717) is 5.75 Å². The van der Waals surface area contributed by atoms with Gasteiger partial charge in [-0.15, -0.1) is 23.1 Å². The first-order valence-corrected chi connectivity index (χ1v) is 7.23. The van der Waals surface area contributed by atoms with Crippen molar-refractivity contribution >= 4 is 34.7 Å². The molecular weight excluding hydrogens is 266 g/mol. The lowest BCUT2D eigenvalue weighted by atomic mass is 10.3. The lowest BCUT2D eigenvalue weighted by Gasteiger charge is -2.09. The fourth-order valence-corrected chi connectivity index (χ4v) is 2.70. The largest absolute Gasteiger partial charge is 0.379 e. The molecule has 2 rings (SSSR count). The highest BCUT2D eigenvalue weighted by Gasteiger charge is 2.04. The number of amides is 1. The highest BCUT2D eigenvalue weighted by Crippen LogP contribution is 2.27. The summed E-state index contributed by atoms with van der Waals surface area (Å²) in [6, 6.07) is 7.87. The number of hydrogen-bond donors (Lipinski definition) is 2. The SMILES string of the molecule is NC(=O)CSc1ccccc1NCc1cncs1. The van der Waals surface area contributed by atoms with E-state index in [1.807, 2.05) is 36.0 Å². The Balaban J connectivity index is 2.00. The van der Waals surface area contributed by atoms with Gasteiger partial charge in [-0.25, -0.2) is 0 Å². The van der Waals surface area contributed by atoms with E-state index >= 15 is 0 Å². The minimum absolute atomic E-state index is 0.291. The first-order valence-electron chi connectivity index (χ1n) is 5.37. The molecule has 0 aliphatic carbocycles. The van der Waals surface area contributed by atoms with Gasteiger partial charge in [-0.1, -0.05) is 12.1 Å². The van der Waals surface area contributed by atoms with Crippen LogP contribution >= 0.6 is 23.1 Å². The molecule has 1 aromatic carbocycles. The first-order chi connectivity index (χ1) is 8.75. The van der Waals surface area contributed by atoms with Gasteiger partial charge in [-0.05, 0) is 12.1 Å². The zero-order valence-electron chi connectivity index (χ0n) is 9.63. The number of hydrogen-bond acceptors (Lipinski definition) is 5. The molecule has 0 saturated heterocycles. The number of carbonyl (C=O) groups excluding carboxylic acids is 1. The lowest BCUT2D eigenvalue weighted by Crippen LogP contribution is -2.13. The van der Waals surface area contributed by atoms with E-state index in [-0.39, 0.29) is 5.91 Å². The molecule has 18 heavy (non-hydrogen) atoms. The maximum atomic E-state index is 10.8. The highest BCUT2D eigenvalue weighted by molar-refractivity contribution is 8.00. The van der Waals surface area contributed by atoms with E-state index in [0.717, 1.165) is 17.1 Å². The summed E-state index contributed by atoms with van der Waals surface area (Å²) < 4.78 is 0. The molecule has 0 aliphatic heterocycles. The van der Waals surface area contributed by atoms with Crippen molar-refractivity contribution in [3.05, 3.63) is 40.8 Å². The Bertz CT molecular complexity index is 514. The zero-order valence-corrected chi connectivity index (χ0v) is 11.3. The number of thioether (sulfide) groups is 1. The molecule has 1 heterocycles. The van der Waals surface area contributed by atoms with Crippen molar-refractivity contribution in [3.63, 3.8) is 0 Å². The molecule has 0 bridgehead atoms. The number of rotatable bonds is 6. The molecule has 0 radical (unpaired) electrons. The molecule has 0 aliphatic rings. The summed E-state index contributed by atoms with van der Waals surface area (Å²) in [5.41, 5.74) is 7.98. The Kier molecular flexibility index (Phi) is 4.60. The fraction of sp³-hybridized carbons (Fsp3) is 0.167. The van der Waals surface area contributed by atoms with Crippen LogP contribution in [0.1, 0.15) is 4.88 Å². The third-order valence-corrected chi connectivity index (χ3v) is 4.07. The second-order valence-electron chi connectivity index (χ2n) is 3.57. The van der Waals surface area contributed by atoms with Gasteiger partial charge in [-0.3, -0.25) is 9.78 Å². The van der Waals surface area contributed by atoms with Crippen LogP contribution in [0.15, 0.2) is 40.9 Å². The topological polar surface area (TPSA) is 68.0 Å². The van der Waals surface area contributed by atoms with E-state index in [2.05, 4.69) is 10.3 Å². The molecule has 0 spiro atoms. The molecule has 94 valence electrons. The van der Waals surface area contributed by atoms with Gasteiger partial charge in [-0.2, -0.15) is 0 Å². The summed E-state index contributed by atoms with van der Waals surface area (Å²) >= 11 is 3.05. The molecule has 1 aromatic heterocycles. The van der Waals surface area contributed by atoms with Gasteiger partial charge >= 0.3 is 0 Å². The van der Waals surface area contributed by atoms with Gasteiger partial charge in [0.25, 0.3) is 0 Å². The number of benzene rings is 1. The van der Waals surface area contributed by atoms with Crippen molar-refractivity contribution in [2.24, 2.45) is 5.73 Å². The van der Waals surface area contributed by atoms with Crippen LogP contribution in [0.5, 0.6) is 0 Å². The number of nitrogens with zero attached hydrogens (tertiary/aromatic N) is 1. The molecule has 0 saturated carbocycles. The summed E-state index contributed by atoms with van der Waals surface area (Å²) in [7, 11) is 0. The second-order valence-corrected chi connectivity index (χ2v) is 5.56. The summed E-state index contributed by atoms with van der Waals surface area (Å²) in [4.78, 5) is 17.0. The standard InChI is InChI=1S/C12H13N3OS2/c13-12(16)7-17-11-4-2-1-3-10(11)15-6-9-5-14-8-18-9/h1-5,8,15H,6-7H2,(H2,13,16). The van der Waals surface area contributed by atoms with Gasteiger partial charge in [0.15, 0.2) is 0 Å². The predicted molar refractivity (Wildman–Crippen MR) is 75.8 cm³/mol. The molecule has 0 fully saturated rings. The molecule has 1 amide bonds. The Hall–Kier alpha value is -1.53. The predicted octanol–water partition coefficient (Wildman–Crippen LogP) is 2.33. The first kappa shape index (κ1) is 12.9. The van der Waals surface area contributed by atoms with Crippen molar-refractivity contribution in [2.45, 2.75) is 11.4 Å². The molecule has 4 nitrogen and oxygen atoms in total. The number of para-hydroxylation sites is 1. The number of carbonyl (C=O) groups is 1. The van der Waals surface area contributed by atoms with Crippen molar-refractivity contribution in [1.29, 1.82) is 0 Å². The van der Waals surface area contributed by atoms with Crippen molar-refractivity contribution in [3.8, 4) is 0 Å². The Morgan fingerprint density at radius 3 is 3.00 bits per heavy atom. The summed E-state index contributed by atoms with van der Waals surface area (Å²) in [5, 5.41) is 3.34. The zero-order chi connectivity index (χ0) is 12.8. The molecule has 0 atom stereocenters. The summed E-state index contributed by atoms with van der Waals surface area (Å²) in [6.07, 6.45) is 1.84. The van der Waals surface area contributed by atoms with Crippen LogP contribution in [0, 0.1) is 0 Å². The molecule has 2 aromatic rings. The average molecular weight is 279 g/mol. The van der Waals surface area contributed by atoms with Crippen LogP contribution in [-0.4, -0.2) is 16.6 Å². The molecule has 0 unspecified atom stereocenters. The normalized spacial score (nSPS) is 10.2. The van der Waals surface area contributed by atoms with E-state index in [1.54, 1.807) is 11.3 Å². The van der Waals surface area contributed by atoms with Crippen LogP contribution in [0.3, 0.4) is 0 Å². The lowest BCUT2D eigenvalue weighted by molar-refractivity contribution is -0.115. The van der Waals surface area contributed by atoms with Crippen molar-refractivity contribution < 1.29 is 4.79 Å². The number of anilines is 1. The third-order valence-electron chi connectivity index (χ3n) is 2.19. The van der Waals surface area contributed by atoms with Crippen molar-refractivity contribution in [1.82, 2.24) is 4.98 Å². The average Bonchev–Trinajstić information content (AvgIpc) is 2.88.